The second-order valence-corrected chi connectivity index (χ2v) is 9.07. The maximum Gasteiger partial charge on any atom is 0.255 e. The number of fused-ring (bicyclic) bond motifs is 2. The van der Waals surface area contributed by atoms with Gasteiger partial charge in [0.2, 0.25) is 0 Å². The molecular weight excluding hydrogens is 470 g/mol. The van der Waals surface area contributed by atoms with Crippen LogP contribution in [0.3, 0.4) is 0 Å². The van der Waals surface area contributed by atoms with E-state index in [9.17, 15) is 9.59 Å². The van der Waals surface area contributed by atoms with Gasteiger partial charge in [-0.2, -0.15) is 0 Å². The first kappa shape index (κ1) is 22.8. The molecular formula is C28H25N5O4. The van der Waals surface area contributed by atoms with E-state index in [1.807, 2.05) is 37.3 Å². The Labute approximate surface area is 213 Å². The van der Waals surface area contributed by atoms with Crippen LogP contribution in [0.25, 0.3) is 11.4 Å². The molecule has 2 aliphatic rings. The summed E-state index contributed by atoms with van der Waals surface area (Å²) in [6.45, 7) is 3.71. The summed E-state index contributed by atoms with van der Waals surface area (Å²) in [5.74, 6) is 2.39. The highest BCUT2D eigenvalue weighted by molar-refractivity contribution is 6.08. The van der Waals surface area contributed by atoms with E-state index in [0.29, 0.717) is 47.2 Å². The molecule has 37 heavy (non-hydrogen) atoms. The Morgan fingerprint density at radius 2 is 1.65 bits per heavy atom. The summed E-state index contributed by atoms with van der Waals surface area (Å²) >= 11 is 0. The topological polar surface area (TPSA) is 107 Å². The Morgan fingerprint density at radius 1 is 0.865 bits per heavy atom. The van der Waals surface area contributed by atoms with Gasteiger partial charge in [0.1, 0.15) is 19.0 Å². The van der Waals surface area contributed by atoms with E-state index in [2.05, 4.69) is 25.4 Å². The number of aryl methyl sites for hydroxylation is 2. The van der Waals surface area contributed by atoms with E-state index in [-0.39, 0.29) is 11.8 Å². The minimum Gasteiger partial charge on any atom is -0.486 e. The monoisotopic (exact) mass is 495 g/mol. The van der Waals surface area contributed by atoms with Crippen LogP contribution >= 0.6 is 0 Å². The normalized spacial score (nSPS) is 13.6. The zero-order valence-electron chi connectivity index (χ0n) is 20.3. The number of rotatable bonds is 5. The van der Waals surface area contributed by atoms with Crippen LogP contribution in [0.2, 0.25) is 0 Å². The predicted molar refractivity (Wildman–Crippen MR) is 138 cm³/mol. The Bertz CT molecular complexity index is 1530. The molecule has 0 saturated heterocycles. The molecule has 0 atom stereocenters. The number of amides is 2. The highest BCUT2D eigenvalue weighted by Gasteiger charge is 2.19. The molecule has 0 bridgehead atoms. The molecule has 2 N–H and O–H groups in total. The third kappa shape index (κ3) is 4.51. The fourth-order valence-corrected chi connectivity index (χ4v) is 4.58. The number of nitrogens with zero attached hydrogens (tertiary/aromatic N) is 3. The third-order valence-corrected chi connectivity index (χ3v) is 6.54. The molecule has 0 aliphatic carbocycles. The Balaban J connectivity index is 1.18. The fourth-order valence-electron chi connectivity index (χ4n) is 4.58. The number of carbonyl (C=O) groups is 2. The Morgan fingerprint density at radius 3 is 2.54 bits per heavy atom. The predicted octanol–water partition coefficient (Wildman–Crippen LogP) is 4.48. The van der Waals surface area contributed by atoms with Gasteiger partial charge in [-0.05, 0) is 61.4 Å². The Hall–Kier alpha value is -4.66. The van der Waals surface area contributed by atoms with E-state index in [0.717, 1.165) is 42.2 Å². The van der Waals surface area contributed by atoms with Crippen molar-refractivity contribution in [3.63, 3.8) is 0 Å². The summed E-state index contributed by atoms with van der Waals surface area (Å²) in [7, 11) is 0. The maximum atomic E-state index is 13.1. The number of benzene rings is 3. The smallest absolute Gasteiger partial charge is 0.255 e. The van der Waals surface area contributed by atoms with Gasteiger partial charge in [-0.15, -0.1) is 10.2 Å². The van der Waals surface area contributed by atoms with Crippen molar-refractivity contribution in [1.29, 1.82) is 0 Å². The fraction of sp³-hybridized carbons (Fsp3) is 0.214. The van der Waals surface area contributed by atoms with E-state index in [4.69, 9.17) is 9.47 Å². The van der Waals surface area contributed by atoms with Gasteiger partial charge < -0.3 is 24.7 Å². The quantitative estimate of drug-likeness (QED) is 0.423. The van der Waals surface area contributed by atoms with E-state index in [1.54, 1.807) is 30.3 Å². The van der Waals surface area contributed by atoms with Crippen molar-refractivity contribution in [2.45, 2.75) is 26.3 Å². The van der Waals surface area contributed by atoms with E-state index < -0.39 is 0 Å². The van der Waals surface area contributed by atoms with Gasteiger partial charge in [0.15, 0.2) is 17.3 Å². The minimum absolute atomic E-state index is 0.279. The van der Waals surface area contributed by atoms with Gasteiger partial charge in [-0.3, -0.25) is 9.59 Å². The molecule has 186 valence electrons. The second kappa shape index (κ2) is 9.42. The van der Waals surface area contributed by atoms with Gasteiger partial charge in [0.25, 0.3) is 11.8 Å². The maximum absolute atomic E-state index is 13.1. The molecule has 0 fully saturated rings. The van der Waals surface area contributed by atoms with Gasteiger partial charge in [-0.1, -0.05) is 18.2 Å². The van der Waals surface area contributed by atoms with Crippen molar-refractivity contribution in [2.24, 2.45) is 0 Å². The molecule has 9 heteroatoms. The van der Waals surface area contributed by atoms with Crippen LogP contribution < -0.4 is 20.1 Å². The number of ether oxygens (including phenoxy) is 2. The van der Waals surface area contributed by atoms with Crippen LogP contribution in [0.1, 0.15) is 38.5 Å². The first-order valence-electron chi connectivity index (χ1n) is 12.2. The highest BCUT2D eigenvalue weighted by atomic mass is 16.6. The molecule has 0 saturated carbocycles. The summed E-state index contributed by atoms with van der Waals surface area (Å²) in [6, 6.07) is 17.9. The third-order valence-electron chi connectivity index (χ3n) is 6.54. The average Bonchev–Trinajstić information content (AvgIpc) is 3.54. The number of anilines is 2. The van der Waals surface area contributed by atoms with Gasteiger partial charge in [0.05, 0.1) is 0 Å². The molecule has 1 aromatic heterocycles. The highest BCUT2D eigenvalue weighted by Crippen LogP contribution is 2.31. The lowest BCUT2D eigenvalue weighted by atomic mass is 10.1. The van der Waals surface area contributed by atoms with Crippen LogP contribution in [0.4, 0.5) is 11.4 Å². The molecule has 6 rings (SSSR count). The summed E-state index contributed by atoms with van der Waals surface area (Å²) in [5, 5.41) is 14.5. The lowest BCUT2D eigenvalue weighted by Gasteiger charge is -2.19. The first-order chi connectivity index (χ1) is 18.0. The molecule has 3 heterocycles. The number of hydrogen-bond acceptors (Lipinski definition) is 6. The lowest BCUT2D eigenvalue weighted by molar-refractivity contribution is 0.101. The van der Waals surface area contributed by atoms with Crippen molar-refractivity contribution in [3.8, 4) is 22.9 Å². The standard InChI is InChI=1S/C28H25N5O4/c1-17-7-8-19(15-22(17)30-28(35)20-9-10-23-24(16-20)37-13-12-36-23)27(34)29-21-5-2-4-18(14-21)26-32-31-25-6-3-11-33(25)26/h2,4-5,7-10,14-16H,3,6,11-13H2,1H3,(H,29,34)(H,30,35). The van der Waals surface area contributed by atoms with Crippen molar-refractivity contribution in [2.75, 3.05) is 23.8 Å². The van der Waals surface area contributed by atoms with Crippen molar-refractivity contribution >= 4 is 23.2 Å². The minimum atomic E-state index is -0.300. The zero-order valence-corrected chi connectivity index (χ0v) is 20.3. The number of aromatic nitrogens is 3. The van der Waals surface area contributed by atoms with Crippen molar-refractivity contribution in [1.82, 2.24) is 14.8 Å². The van der Waals surface area contributed by atoms with E-state index >= 15 is 0 Å². The first-order valence-corrected chi connectivity index (χ1v) is 12.2. The molecule has 2 amide bonds. The summed E-state index contributed by atoms with van der Waals surface area (Å²) in [5.41, 5.74) is 3.81. The second-order valence-electron chi connectivity index (χ2n) is 9.07. The molecule has 3 aromatic carbocycles. The average molecular weight is 496 g/mol. The van der Waals surface area contributed by atoms with Crippen LogP contribution in [0, 0.1) is 6.92 Å². The van der Waals surface area contributed by atoms with Crippen LogP contribution in [0.15, 0.2) is 60.7 Å². The molecule has 2 aliphatic heterocycles. The van der Waals surface area contributed by atoms with Crippen LogP contribution in [-0.2, 0) is 13.0 Å². The molecule has 0 spiro atoms. The Kier molecular flexibility index (Phi) is 5.80. The molecule has 4 aromatic rings. The molecule has 0 radical (unpaired) electrons. The van der Waals surface area contributed by atoms with Gasteiger partial charge in [0, 0.05) is 41.0 Å². The largest absolute Gasteiger partial charge is 0.486 e. The van der Waals surface area contributed by atoms with Crippen LogP contribution in [0.5, 0.6) is 11.5 Å². The summed E-state index contributed by atoms with van der Waals surface area (Å²) < 4.78 is 13.2. The number of hydrogen-bond donors (Lipinski definition) is 2. The van der Waals surface area contributed by atoms with Crippen LogP contribution in [-0.4, -0.2) is 39.8 Å². The van der Waals surface area contributed by atoms with Gasteiger partial charge >= 0.3 is 0 Å². The summed E-state index contributed by atoms with van der Waals surface area (Å²) in [6.07, 6.45) is 2.00. The van der Waals surface area contributed by atoms with Crippen molar-refractivity contribution in [3.05, 3.63) is 83.2 Å². The number of carbonyl (C=O) groups excluding carboxylic acids is 2. The van der Waals surface area contributed by atoms with Crippen molar-refractivity contribution < 1.29 is 19.1 Å². The molecule has 0 unspecified atom stereocenters. The SMILES string of the molecule is Cc1ccc(C(=O)Nc2cccc(-c3nnc4n3CCC4)c2)cc1NC(=O)c1ccc2c(c1)OCCO2. The van der Waals surface area contributed by atoms with Gasteiger partial charge in [-0.25, -0.2) is 0 Å². The van der Waals surface area contributed by atoms with E-state index in [1.165, 1.54) is 0 Å². The lowest BCUT2D eigenvalue weighted by Crippen LogP contribution is -2.18. The molecule has 9 nitrogen and oxygen atoms in total. The summed E-state index contributed by atoms with van der Waals surface area (Å²) in [4.78, 5) is 26.0. The zero-order chi connectivity index (χ0) is 25.4. The number of nitrogens with one attached hydrogen (secondary N) is 2.